The maximum absolute atomic E-state index is 15.0. The average molecular weight is 553 g/mol. The van der Waals surface area contributed by atoms with Gasteiger partial charge in [-0.3, -0.25) is 9.69 Å². The zero-order chi connectivity index (χ0) is 27.5. The molecule has 4 heterocycles. The van der Waals surface area contributed by atoms with Crippen molar-refractivity contribution in [3.8, 4) is 11.3 Å². The van der Waals surface area contributed by atoms with Crippen LogP contribution in [0.5, 0.6) is 0 Å². The van der Waals surface area contributed by atoms with Crippen LogP contribution in [0.1, 0.15) is 13.3 Å². The Balaban J connectivity index is 1.42. The number of nitrogens with one attached hydrogen (secondary N) is 3. The molecule has 12 heteroatoms. The van der Waals surface area contributed by atoms with Gasteiger partial charge in [-0.15, -0.1) is 11.8 Å². The highest BCUT2D eigenvalue weighted by Gasteiger charge is 2.28. The highest BCUT2D eigenvalue weighted by atomic mass is 32.2. The van der Waals surface area contributed by atoms with Gasteiger partial charge in [0.25, 0.3) is 0 Å². The monoisotopic (exact) mass is 552 g/mol. The lowest BCUT2D eigenvalue weighted by Crippen LogP contribution is -2.52. The fraction of sp³-hybridized carbons (Fsp3) is 0.333. The van der Waals surface area contributed by atoms with Crippen molar-refractivity contribution in [2.24, 2.45) is 0 Å². The van der Waals surface area contributed by atoms with Gasteiger partial charge in [0.2, 0.25) is 11.9 Å². The van der Waals surface area contributed by atoms with Gasteiger partial charge in [0.1, 0.15) is 5.69 Å². The number of nitrogens with zero attached hydrogens (tertiary/aromatic N) is 5. The summed E-state index contributed by atoms with van der Waals surface area (Å²) in [4.78, 5) is 34.0. The lowest BCUT2D eigenvalue weighted by molar-refractivity contribution is -0.122. The zero-order valence-corrected chi connectivity index (χ0v) is 22.8. The molecule has 39 heavy (non-hydrogen) atoms. The number of hydrogen-bond acceptors (Lipinski definition) is 8. The number of aromatic nitrogens is 4. The van der Waals surface area contributed by atoms with Crippen LogP contribution in [0.2, 0.25) is 0 Å². The van der Waals surface area contributed by atoms with Crippen molar-refractivity contribution in [1.82, 2.24) is 29.7 Å². The topological polar surface area (TPSA) is 102 Å². The summed E-state index contributed by atoms with van der Waals surface area (Å²) < 4.78 is 29.7. The maximum Gasteiger partial charge on any atom is 0.242 e. The number of pyridine rings is 1. The van der Waals surface area contributed by atoms with Crippen molar-refractivity contribution in [2.75, 3.05) is 50.1 Å². The highest BCUT2D eigenvalue weighted by Crippen LogP contribution is 2.33. The summed E-state index contributed by atoms with van der Waals surface area (Å²) in [6.07, 6.45) is 6.68. The number of halogens is 2. The molecule has 0 bridgehead atoms. The summed E-state index contributed by atoms with van der Waals surface area (Å²) in [7, 11) is 2.08. The zero-order valence-electron chi connectivity index (χ0n) is 22.0. The lowest BCUT2D eigenvalue weighted by atomic mass is 10.1. The molecule has 0 spiro atoms. The molecule has 1 fully saturated rings. The Labute approximate surface area is 229 Å². The molecule has 9 nitrogen and oxygen atoms in total. The minimum absolute atomic E-state index is 0.0347. The predicted molar refractivity (Wildman–Crippen MR) is 150 cm³/mol. The summed E-state index contributed by atoms with van der Waals surface area (Å²) in [5.74, 6) is -0.783. The number of hydrogen-bond donors (Lipinski definition) is 3. The first-order chi connectivity index (χ1) is 18.9. The highest BCUT2D eigenvalue weighted by molar-refractivity contribution is 7.98. The van der Waals surface area contributed by atoms with Gasteiger partial charge in [0.15, 0.2) is 17.5 Å². The Kier molecular flexibility index (Phi) is 8.05. The minimum Gasteiger partial charge on any atom is -0.357 e. The molecule has 1 atom stereocenters. The Hall–Kier alpha value is -3.61. The van der Waals surface area contributed by atoms with E-state index in [0.717, 1.165) is 32.4 Å². The second-order valence-electron chi connectivity index (χ2n) is 9.37. The summed E-state index contributed by atoms with van der Waals surface area (Å²) >= 11 is 1.28. The second kappa shape index (κ2) is 11.6. The smallest absolute Gasteiger partial charge is 0.242 e. The number of H-pyrrole nitrogens is 1. The minimum atomic E-state index is -0.636. The van der Waals surface area contributed by atoms with Crippen LogP contribution in [0, 0.1) is 11.6 Å². The van der Waals surface area contributed by atoms with Crippen LogP contribution >= 0.6 is 11.8 Å². The number of fused-ring (bicyclic) bond motifs is 1. The molecule has 1 aliphatic rings. The number of piperazine rings is 1. The number of rotatable bonds is 8. The largest absolute Gasteiger partial charge is 0.357 e. The van der Waals surface area contributed by atoms with E-state index >= 15 is 0 Å². The van der Waals surface area contributed by atoms with Gasteiger partial charge in [0, 0.05) is 54.4 Å². The first-order valence-corrected chi connectivity index (χ1v) is 13.9. The van der Waals surface area contributed by atoms with Crippen LogP contribution in [0.3, 0.4) is 0 Å². The number of anilines is 3. The second-order valence-corrected chi connectivity index (χ2v) is 10.2. The van der Waals surface area contributed by atoms with Crippen LogP contribution < -0.4 is 10.6 Å². The first kappa shape index (κ1) is 27.0. The van der Waals surface area contributed by atoms with E-state index in [9.17, 15) is 13.6 Å². The Bertz CT molecular complexity index is 1490. The van der Waals surface area contributed by atoms with E-state index in [1.165, 1.54) is 11.8 Å². The molecule has 1 aliphatic heterocycles. The van der Waals surface area contributed by atoms with Gasteiger partial charge in [-0.2, -0.15) is 0 Å². The van der Waals surface area contributed by atoms with Crippen LogP contribution in [0.25, 0.3) is 22.2 Å². The molecule has 3 aromatic heterocycles. The van der Waals surface area contributed by atoms with E-state index in [1.54, 1.807) is 42.9 Å². The number of carbonyl (C=O) groups excluding carboxylic acids is 1. The van der Waals surface area contributed by atoms with Gasteiger partial charge >= 0.3 is 0 Å². The number of carbonyl (C=O) groups is 1. The van der Waals surface area contributed by atoms with Crippen molar-refractivity contribution >= 4 is 46.0 Å². The number of aromatic amines is 1. The van der Waals surface area contributed by atoms with Crippen LogP contribution in [-0.2, 0) is 4.79 Å². The van der Waals surface area contributed by atoms with Gasteiger partial charge in [-0.05, 0) is 37.9 Å². The number of benzene rings is 1. The maximum atomic E-state index is 15.0. The van der Waals surface area contributed by atoms with Crippen LogP contribution in [0.15, 0.2) is 47.8 Å². The van der Waals surface area contributed by atoms with Crippen molar-refractivity contribution < 1.29 is 13.6 Å². The van der Waals surface area contributed by atoms with Crippen molar-refractivity contribution in [1.29, 1.82) is 0 Å². The predicted octanol–water partition coefficient (Wildman–Crippen LogP) is 4.73. The Morgan fingerprint density at radius 3 is 2.72 bits per heavy atom. The molecule has 1 saturated heterocycles. The third-order valence-corrected chi connectivity index (χ3v) is 7.70. The van der Waals surface area contributed by atoms with Crippen molar-refractivity contribution in [3.63, 3.8) is 0 Å². The van der Waals surface area contributed by atoms with E-state index in [0.29, 0.717) is 33.6 Å². The van der Waals surface area contributed by atoms with Gasteiger partial charge < -0.3 is 20.5 Å². The van der Waals surface area contributed by atoms with E-state index < -0.39 is 11.6 Å². The van der Waals surface area contributed by atoms with Crippen molar-refractivity contribution in [3.05, 3.63) is 54.5 Å². The molecule has 5 rings (SSSR count). The standard InChI is InChI=1S/C27H30F2N8OS/c1-4-20(37-12-10-36(2)11-13-37)26(38)35-25-24-16(8-9-30-25)17(14-31-24)23-18(28)15-32-27(34-23)33-19-6-5-7-21(39-3)22(19)29/h5-9,14-15,20,31H,4,10-13H2,1-3H3,(H,30,35,38)(H,32,33,34). The van der Waals surface area contributed by atoms with Crippen LogP contribution in [-0.4, -0.2) is 81.2 Å². The first-order valence-electron chi connectivity index (χ1n) is 12.7. The van der Waals surface area contributed by atoms with E-state index in [2.05, 4.69) is 47.4 Å². The third-order valence-electron chi connectivity index (χ3n) is 6.94. The number of thioether (sulfide) groups is 1. The summed E-state index contributed by atoms with van der Waals surface area (Å²) in [6.45, 7) is 5.46. The molecular formula is C27H30F2N8OS. The van der Waals surface area contributed by atoms with Crippen molar-refractivity contribution in [2.45, 2.75) is 24.3 Å². The molecule has 4 aromatic rings. The lowest BCUT2D eigenvalue weighted by Gasteiger charge is -2.36. The van der Waals surface area contributed by atoms with Gasteiger partial charge in [-0.1, -0.05) is 13.0 Å². The molecule has 1 aromatic carbocycles. The van der Waals surface area contributed by atoms with E-state index in [4.69, 9.17) is 0 Å². The average Bonchev–Trinajstić information content (AvgIpc) is 3.37. The molecule has 0 saturated carbocycles. The Morgan fingerprint density at radius 2 is 1.97 bits per heavy atom. The summed E-state index contributed by atoms with van der Waals surface area (Å²) in [5.41, 5.74) is 1.25. The summed E-state index contributed by atoms with van der Waals surface area (Å²) in [6, 6.07) is 6.41. The van der Waals surface area contributed by atoms with Crippen LogP contribution in [0.4, 0.5) is 26.2 Å². The SMILES string of the molecule is CCC(C(=O)Nc1nccc2c(-c3nc(Nc4cccc(SC)c4F)ncc3F)c[nH]c12)N1CCN(C)CC1. The molecule has 3 N–H and O–H groups in total. The van der Waals surface area contributed by atoms with E-state index in [1.807, 2.05) is 6.92 Å². The Morgan fingerprint density at radius 1 is 1.18 bits per heavy atom. The quantitative estimate of drug-likeness (QED) is 0.270. The molecular weight excluding hydrogens is 522 g/mol. The number of amides is 1. The fourth-order valence-electron chi connectivity index (χ4n) is 4.79. The normalized spacial score (nSPS) is 15.4. The third kappa shape index (κ3) is 5.58. The van der Waals surface area contributed by atoms with E-state index in [-0.39, 0.29) is 29.3 Å². The molecule has 1 amide bonds. The molecule has 0 aliphatic carbocycles. The number of likely N-dealkylation sites (N-methyl/N-ethyl adjacent to an activating group) is 1. The molecule has 204 valence electrons. The summed E-state index contributed by atoms with van der Waals surface area (Å²) in [5, 5.41) is 6.45. The molecule has 1 unspecified atom stereocenters. The van der Waals surface area contributed by atoms with Gasteiger partial charge in [0.05, 0.1) is 23.4 Å². The van der Waals surface area contributed by atoms with Gasteiger partial charge in [-0.25, -0.2) is 23.7 Å². The molecule has 0 radical (unpaired) electrons. The fourth-order valence-corrected chi connectivity index (χ4v) is 5.29.